The lowest BCUT2D eigenvalue weighted by atomic mass is 9.50. The third-order valence-electron chi connectivity index (χ3n) is 7.33. The summed E-state index contributed by atoms with van der Waals surface area (Å²) in [7, 11) is 6.27. The Morgan fingerprint density at radius 3 is 1.86 bits per heavy atom. The summed E-state index contributed by atoms with van der Waals surface area (Å²) in [4.78, 5) is 56.3. The molecule has 1 aliphatic rings. The van der Waals surface area contributed by atoms with E-state index in [1.807, 2.05) is 60.3 Å². The highest BCUT2D eigenvalue weighted by Crippen LogP contribution is 2.57. The third-order valence-corrected chi connectivity index (χ3v) is 7.33. The lowest BCUT2D eigenvalue weighted by molar-refractivity contribution is -0.198. The molecule has 0 bridgehead atoms. The summed E-state index contributed by atoms with van der Waals surface area (Å²) in [5.41, 5.74) is -1.96. The normalized spacial score (nSPS) is 16.5. The van der Waals surface area contributed by atoms with Crippen LogP contribution in [0.4, 0.5) is 0 Å². The van der Waals surface area contributed by atoms with Crippen molar-refractivity contribution in [3.8, 4) is 0 Å². The predicted molar refractivity (Wildman–Crippen MR) is 141 cm³/mol. The first kappa shape index (κ1) is 33.5. The molecule has 0 aliphatic carbocycles. The standard InChI is InChI=1S/C25H44N2O6.CH5P/c1-22(2,3)17-25(8,21(31)32-16-15-26(9)10)24(6,7)23(4,5)14-13-20(30)33-27-18(28)11-12-19(27)29;1-2/h11-17H2,1-10H3;2H2,1H3. The second-order valence-electron chi connectivity index (χ2n) is 12.1. The van der Waals surface area contributed by atoms with Gasteiger partial charge in [0.05, 0.1) is 5.41 Å². The molecule has 0 radical (unpaired) electrons. The summed E-state index contributed by atoms with van der Waals surface area (Å²) >= 11 is 0. The Morgan fingerprint density at radius 1 is 0.943 bits per heavy atom. The molecule has 0 saturated carbocycles. The number of nitrogens with zero attached hydrogens (tertiary/aromatic N) is 2. The van der Waals surface area contributed by atoms with Gasteiger partial charge in [-0.2, -0.15) is 0 Å². The topological polar surface area (TPSA) is 93.2 Å². The van der Waals surface area contributed by atoms with Gasteiger partial charge >= 0.3 is 11.9 Å². The van der Waals surface area contributed by atoms with Gasteiger partial charge in [-0.15, -0.1) is 14.3 Å². The average Bonchev–Trinajstić information content (AvgIpc) is 3.04. The summed E-state index contributed by atoms with van der Waals surface area (Å²) in [6.07, 6.45) is 1.17. The number of carbonyl (C=O) groups excluding carboxylic acids is 4. The molecule has 0 aromatic rings. The van der Waals surface area contributed by atoms with E-state index < -0.39 is 34.0 Å². The third kappa shape index (κ3) is 9.13. The van der Waals surface area contributed by atoms with Crippen LogP contribution in [0.3, 0.4) is 0 Å². The van der Waals surface area contributed by atoms with Crippen LogP contribution >= 0.6 is 9.24 Å². The predicted octanol–water partition coefficient (Wildman–Crippen LogP) is 4.46. The quantitative estimate of drug-likeness (QED) is 0.227. The highest BCUT2D eigenvalue weighted by Gasteiger charge is 2.56. The summed E-state index contributed by atoms with van der Waals surface area (Å²) in [5.74, 6) is -1.86. The van der Waals surface area contributed by atoms with Crippen LogP contribution in [0.1, 0.15) is 87.5 Å². The fourth-order valence-electron chi connectivity index (χ4n) is 4.37. The van der Waals surface area contributed by atoms with E-state index >= 15 is 0 Å². The summed E-state index contributed by atoms with van der Waals surface area (Å²) in [6.45, 7) is 19.3. The van der Waals surface area contributed by atoms with Gasteiger partial charge in [0.2, 0.25) is 0 Å². The molecule has 0 N–H and O–H groups in total. The van der Waals surface area contributed by atoms with Crippen LogP contribution in [0.15, 0.2) is 0 Å². The van der Waals surface area contributed by atoms with Crippen molar-refractivity contribution < 1.29 is 28.8 Å². The van der Waals surface area contributed by atoms with Crippen molar-refractivity contribution in [1.82, 2.24) is 9.96 Å². The van der Waals surface area contributed by atoms with E-state index in [0.717, 1.165) is 0 Å². The Kier molecular flexibility index (Phi) is 12.6. The molecule has 1 aliphatic heterocycles. The molecular formula is C26H49N2O6P. The Balaban J connectivity index is 0.00000562. The maximum atomic E-state index is 13.4. The zero-order valence-electron chi connectivity index (χ0n) is 23.9. The van der Waals surface area contributed by atoms with Gasteiger partial charge in [-0.3, -0.25) is 14.4 Å². The second kappa shape index (κ2) is 13.1. The van der Waals surface area contributed by atoms with Crippen LogP contribution in [0.2, 0.25) is 0 Å². The molecule has 9 heteroatoms. The first-order valence-electron chi connectivity index (χ1n) is 12.3. The maximum Gasteiger partial charge on any atom is 0.333 e. The molecule has 1 heterocycles. The van der Waals surface area contributed by atoms with Crippen molar-refractivity contribution in [1.29, 1.82) is 0 Å². The molecule has 8 nitrogen and oxygen atoms in total. The minimum absolute atomic E-state index is 0.0226. The number of esters is 1. The highest BCUT2D eigenvalue weighted by atomic mass is 31.0. The molecule has 2 atom stereocenters. The van der Waals surface area contributed by atoms with Gasteiger partial charge in [0.1, 0.15) is 6.61 Å². The molecule has 1 saturated heterocycles. The lowest BCUT2D eigenvalue weighted by Crippen LogP contribution is -2.53. The van der Waals surface area contributed by atoms with Gasteiger partial charge in [0.25, 0.3) is 11.8 Å². The minimum Gasteiger partial charge on any atom is -0.464 e. The fourth-order valence-corrected chi connectivity index (χ4v) is 4.37. The van der Waals surface area contributed by atoms with Crippen LogP contribution in [0.5, 0.6) is 0 Å². The molecule has 0 spiro atoms. The molecule has 35 heavy (non-hydrogen) atoms. The molecule has 204 valence electrons. The van der Waals surface area contributed by atoms with Gasteiger partial charge in [-0.1, -0.05) is 55.1 Å². The molecule has 0 aromatic carbocycles. The smallest absolute Gasteiger partial charge is 0.333 e. The molecule has 1 fully saturated rings. The Labute approximate surface area is 215 Å². The number of rotatable bonds is 11. The molecular weight excluding hydrogens is 467 g/mol. The van der Waals surface area contributed by atoms with Gasteiger partial charge in [-0.25, -0.2) is 4.79 Å². The van der Waals surface area contributed by atoms with E-state index in [1.165, 1.54) is 0 Å². The first-order valence-corrected chi connectivity index (χ1v) is 13.5. The monoisotopic (exact) mass is 516 g/mol. The number of amides is 2. The van der Waals surface area contributed by atoms with Crippen LogP contribution < -0.4 is 0 Å². The van der Waals surface area contributed by atoms with Crippen molar-refractivity contribution >= 4 is 33.0 Å². The van der Waals surface area contributed by atoms with Crippen molar-refractivity contribution in [2.45, 2.75) is 87.5 Å². The number of imide groups is 1. The van der Waals surface area contributed by atoms with E-state index in [-0.39, 0.29) is 30.6 Å². The zero-order valence-corrected chi connectivity index (χ0v) is 25.0. The lowest BCUT2D eigenvalue weighted by Gasteiger charge is -2.54. The van der Waals surface area contributed by atoms with Gasteiger partial charge in [-0.05, 0) is 50.1 Å². The second-order valence-corrected chi connectivity index (χ2v) is 12.1. The van der Waals surface area contributed by atoms with Crippen molar-refractivity contribution in [2.75, 3.05) is 33.9 Å². The summed E-state index contributed by atoms with van der Waals surface area (Å²) in [6, 6.07) is 0. The fraction of sp³-hybridized carbons (Fsp3) is 0.846. The summed E-state index contributed by atoms with van der Waals surface area (Å²) in [5, 5.41) is 0.576. The van der Waals surface area contributed by atoms with E-state index in [4.69, 9.17) is 9.57 Å². The van der Waals surface area contributed by atoms with E-state index in [2.05, 4.69) is 30.0 Å². The molecule has 1 rings (SSSR count). The number of hydroxylamine groups is 2. The van der Waals surface area contributed by atoms with Gasteiger partial charge in [0.15, 0.2) is 0 Å². The Hall–Kier alpha value is -1.53. The van der Waals surface area contributed by atoms with E-state index in [0.29, 0.717) is 31.1 Å². The SMILES string of the molecule is CN(C)CCOC(=O)C(C)(CC(C)(C)C)C(C)(C)C(C)(C)CCC(=O)ON1C(=O)CCC1=O.CP. The Bertz CT molecular complexity index is 741. The van der Waals surface area contributed by atoms with Crippen LogP contribution in [0, 0.1) is 21.7 Å². The molecule has 0 aromatic heterocycles. The minimum atomic E-state index is -0.814. The average molecular weight is 517 g/mol. The van der Waals surface area contributed by atoms with Crippen LogP contribution in [0.25, 0.3) is 0 Å². The first-order chi connectivity index (χ1) is 15.8. The highest BCUT2D eigenvalue weighted by molar-refractivity contribution is 7.15. The van der Waals surface area contributed by atoms with Crippen molar-refractivity contribution in [3.05, 3.63) is 0 Å². The van der Waals surface area contributed by atoms with Crippen LogP contribution in [-0.4, -0.2) is 67.6 Å². The molecule has 2 amide bonds. The van der Waals surface area contributed by atoms with Gasteiger partial charge < -0.3 is 14.5 Å². The van der Waals surface area contributed by atoms with Crippen LogP contribution in [-0.2, 0) is 28.8 Å². The largest absolute Gasteiger partial charge is 0.464 e. The number of ether oxygens (including phenoxy) is 1. The summed E-state index contributed by atoms with van der Waals surface area (Å²) < 4.78 is 5.73. The number of likely N-dealkylation sites (N-methyl/N-ethyl adjacent to an activating group) is 1. The number of carbonyl (C=O) groups is 4. The van der Waals surface area contributed by atoms with E-state index in [1.54, 1.807) is 0 Å². The number of hydrogen-bond acceptors (Lipinski definition) is 7. The maximum absolute atomic E-state index is 13.4. The van der Waals surface area contributed by atoms with Gasteiger partial charge in [0, 0.05) is 25.8 Å². The number of hydrogen-bond donors (Lipinski definition) is 0. The Morgan fingerprint density at radius 2 is 1.43 bits per heavy atom. The molecule has 2 unspecified atom stereocenters. The zero-order chi connectivity index (χ0) is 27.8. The van der Waals surface area contributed by atoms with Crippen molar-refractivity contribution in [3.63, 3.8) is 0 Å². The van der Waals surface area contributed by atoms with Crippen molar-refractivity contribution in [2.24, 2.45) is 21.7 Å². The van der Waals surface area contributed by atoms with E-state index in [9.17, 15) is 19.2 Å².